The van der Waals surface area contributed by atoms with Crippen molar-refractivity contribution in [3.8, 4) is 11.4 Å². The molecule has 2 aromatic heterocycles. The van der Waals surface area contributed by atoms with E-state index in [4.69, 9.17) is 5.11 Å². The van der Waals surface area contributed by atoms with Crippen molar-refractivity contribution in [3.63, 3.8) is 0 Å². The van der Waals surface area contributed by atoms with E-state index >= 15 is 0 Å². The lowest BCUT2D eigenvalue weighted by molar-refractivity contribution is -0.137. The summed E-state index contributed by atoms with van der Waals surface area (Å²) in [5.41, 5.74) is 4.07. The first-order valence-electron chi connectivity index (χ1n) is 17.5. The van der Waals surface area contributed by atoms with Crippen molar-refractivity contribution in [1.29, 1.82) is 0 Å². The van der Waals surface area contributed by atoms with E-state index in [1.54, 1.807) is 6.07 Å². The monoisotopic (exact) mass is 670 g/mol. The van der Waals surface area contributed by atoms with Crippen LogP contribution in [0.3, 0.4) is 0 Å². The zero-order valence-corrected chi connectivity index (χ0v) is 29.6. The van der Waals surface area contributed by atoms with Crippen LogP contribution in [0.4, 0.5) is 0 Å². The van der Waals surface area contributed by atoms with Crippen molar-refractivity contribution < 1.29 is 19.5 Å². The first kappa shape index (κ1) is 35.5. The average molecular weight is 671 g/mol. The van der Waals surface area contributed by atoms with Crippen LogP contribution in [0.1, 0.15) is 111 Å². The molecule has 1 aromatic carbocycles. The molecule has 0 aliphatic heterocycles. The average Bonchev–Trinajstić information content (AvgIpc) is 3.60. The third-order valence-electron chi connectivity index (χ3n) is 10.1. The number of benzene rings is 1. The van der Waals surface area contributed by atoms with Gasteiger partial charge in [0.25, 0.3) is 5.91 Å². The summed E-state index contributed by atoms with van der Waals surface area (Å²) in [5, 5.41) is 14.5. The van der Waals surface area contributed by atoms with Crippen LogP contribution in [0, 0.1) is 17.8 Å². The summed E-state index contributed by atoms with van der Waals surface area (Å²) >= 11 is 1.41. The number of nitrogens with zero attached hydrogens (tertiary/aromatic N) is 2. The first-order valence-corrected chi connectivity index (χ1v) is 18.3. The molecule has 0 spiro atoms. The van der Waals surface area contributed by atoms with Gasteiger partial charge in [-0.15, -0.1) is 11.3 Å². The van der Waals surface area contributed by atoms with Crippen molar-refractivity contribution >= 4 is 34.7 Å². The Bertz CT molecular complexity index is 1580. The molecule has 3 N–H and O–H groups in total. The van der Waals surface area contributed by atoms with E-state index in [0.29, 0.717) is 10.7 Å². The Morgan fingerprint density at radius 2 is 1.65 bits per heavy atom. The predicted octanol–water partition coefficient (Wildman–Crippen LogP) is 7.83. The van der Waals surface area contributed by atoms with Gasteiger partial charge < -0.3 is 15.7 Å². The number of allylic oxidation sites excluding steroid dienone is 2. The molecule has 0 radical (unpaired) electrons. The standard InChI is InChI=1S/C39H50N4O4S/c1-5-25-6-10-27(11-7-25)28-14-16-29(17-15-28)31-23-41-36(42-24-31)30-12-8-26(9-13-30)22-32(37(46)40-21-20-35(44)45)43-38(47)33-18-19-34(48-33)39(2,3)4/h8-9,12-13,16,18-19,23-25,27-28,32H,5-7,10-11,14-15,17,20-22H2,1-4H3,(H,40,46)(H,43,47)(H,44,45)/t25-,27-,28?,32-/m0/s1. The zero-order valence-electron chi connectivity index (χ0n) is 28.8. The van der Waals surface area contributed by atoms with Crippen LogP contribution in [-0.2, 0) is 21.4 Å². The number of rotatable bonds is 12. The van der Waals surface area contributed by atoms with Gasteiger partial charge in [-0.25, -0.2) is 9.97 Å². The lowest BCUT2D eigenvalue weighted by Crippen LogP contribution is -2.48. The minimum absolute atomic E-state index is 0.0165. The molecule has 1 saturated carbocycles. The van der Waals surface area contributed by atoms with Gasteiger partial charge in [-0.3, -0.25) is 14.4 Å². The highest BCUT2D eigenvalue weighted by molar-refractivity contribution is 7.14. The summed E-state index contributed by atoms with van der Waals surface area (Å²) in [6.07, 6.45) is 16.7. The summed E-state index contributed by atoms with van der Waals surface area (Å²) in [6.45, 7) is 8.57. The minimum atomic E-state index is -1.00. The summed E-state index contributed by atoms with van der Waals surface area (Å²) in [4.78, 5) is 48.2. The maximum Gasteiger partial charge on any atom is 0.305 e. The smallest absolute Gasteiger partial charge is 0.305 e. The number of hydrogen-bond acceptors (Lipinski definition) is 6. The normalized spacial score (nSPS) is 20.4. The highest BCUT2D eigenvalue weighted by Crippen LogP contribution is 2.41. The number of hydrogen-bond donors (Lipinski definition) is 3. The van der Waals surface area contributed by atoms with Crippen molar-refractivity contribution in [2.45, 2.75) is 103 Å². The Morgan fingerprint density at radius 1 is 0.938 bits per heavy atom. The predicted molar refractivity (Wildman–Crippen MR) is 192 cm³/mol. The van der Waals surface area contributed by atoms with E-state index in [2.05, 4.69) is 54.4 Å². The molecule has 2 heterocycles. The van der Waals surface area contributed by atoms with E-state index in [9.17, 15) is 14.4 Å². The van der Waals surface area contributed by atoms with E-state index in [-0.39, 0.29) is 30.7 Å². The number of aliphatic carboxylic acids is 1. The molecule has 9 heteroatoms. The second-order valence-electron chi connectivity index (χ2n) is 14.5. The number of thiophene rings is 1. The third kappa shape index (κ3) is 9.40. The lowest BCUT2D eigenvalue weighted by Gasteiger charge is -2.35. The minimum Gasteiger partial charge on any atom is -0.481 e. The van der Waals surface area contributed by atoms with Gasteiger partial charge in [0.2, 0.25) is 5.91 Å². The fraction of sp³-hybridized carbons (Fsp3) is 0.513. The molecule has 1 fully saturated rings. The number of carbonyl (C=O) groups is 3. The Labute approximate surface area is 288 Å². The Hall–Kier alpha value is -3.85. The van der Waals surface area contributed by atoms with E-state index in [1.165, 1.54) is 55.4 Å². The summed E-state index contributed by atoms with van der Waals surface area (Å²) < 4.78 is 0. The maximum atomic E-state index is 13.2. The van der Waals surface area contributed by atoms with Crippen LogP contribution >= 0.6 is 11.3 Å². The van der Waals surface area contributed by atoms with Crippen LogP contribution in [0.25, 0.3) is 17.0 Å². The van der Waals surface area contributed by atoms with Gasteiger partial charge in [-0.1, -0.05) is 77.3 Å². The van der Waals surface area contributed by atoms with Crippen LogP contribution in [0.2, 0.25) is 0 Å². The van der Waals surface area contributed by atoms with Gasteiger partial charge >= 0.3 is 5.97 Å². The van der Waals surface area contributed by atoms with Crippen LogP contribution in [0.15, 0.2) is 54.9 Å². The Balaban J connectivity index is 1.21. The largest absolute Gasteiger partial charge is 0.481 e. The van der Waals surface area contributed by atoms with Crippen molar-refractivity contribution in [2.75, 3.05) is 6.54 Å². The third-order valence-corrected chi connectivity index (χ3v) is 11.6. The molecular formula is C39H50N4O4S. The van der Waals surface area contributed by atoms with Gasteiger partial charge in [0.1, 0.15) is 6.04 Å². The first-order chi connectivity index (χ1) is 23.0. The van der Waals surface area contributed by atoms with E-state index in [0.717, 1.165) is 52.2 Å². The summed E-state index contributed by atoms with van der Waals surface area (Å²) in [6, 6.07) is 10.5. The summed E-state index contributed by atoms with van der Waals surface area (Å²) in [5.74, 6) is 1.51. The number of carboxylic acid groups (broad SMARTS) is 1. The van der Waals surface area contributed by atoms with Crippen molar-refractivity contribution in [2.24, 2.45) is 17.8 Å². The number of amides is 2. The molecule has 2 aliphatic carbocycles. The van der Waals surface area contributed by atoms with Crippen LogP contribution in [-0.4, -0.2) is 45.4 Å². The molecule has 8 nitrogen and oxygen atoms in total. The molecule has 1 unspecified atom stereocenters. The molecular weight excluding hydrogens is 621 g/mol. The SMILES string of the molecule is CC[C@H]1CC[C@H](C2CC=C(c3cnc(-c4ccc(C[C@H](NC(=O)c5ccc(C(C)(C)C)s5)C(=O)NCCC(=O)O)cc4)nc3)CC2)CC1. The van der Waals surface area contributed by atoms with Crippen molar-refractivity contribution in [1.82, 2.24) is 20.6 Å². The zero-order chi connectivity index (χ0) is 34.3. The summed E-state index contributed by atoms with van der Waals surface area (Å²) in [7, 11) is 0. The Morgan fingerprint density at radius 3 is 2.23 bits per heavy atom. The van der Waals surface area contributed by atoms with Gasteiger partial charge in [0, 0.05) is 41.4 Å². The number of nitrogens with one attached hydrogen (secondary N) is 2. The van der Waals surface area contributed by atoms with Gasteiger partial charge in [0.05, 0.1) is 11.3 Å². The quantitative estimate of drug-likeness (QED) is 0.181. The highest BCUT2D eigenvalue weighted by Gasteiger charge is 2.29. The van der Waals surface area contributed by atoms with Gasteiger partial charge in [0.15, 0.2) is 5.82 Å². The Kier molecular flexibility index (Phi) is 11.8. The topological polar surface area (TPSA) is 121 Å². The van der Waals surface area contributed by atoms with Crippen LogP contribution in [0.5, 0.6) is 0 Å². The van der Waals surface area contributed by atoms with Gasteiger partial charge in [-0.05, 0) is 78.5 Å². The molecule has 256 valence electrons. The fourth-order valence-corrected chi connectivity index (χ4v) is 7.97. The molecule has 2 amide bonds. The highest BCUT2D eigenvalue weighted by atomic mass is 32.1. The molecule has 48 heavy (non-hydrogen) atoms. The van der Waals surface area contributed by atoms with E-state index in [1.807, 2.05) is 42.7 Å². The van der Waals surface area contributed by atoms with E-state index < -0.39 is 17.9 Å². The fourth-order valence-electron chi connectivity index (χ4n) is 7.00. The van der Waals surface area contributed by atoms with Crippen molar-refractivity contribution in [3.05, 3.63) is 75.7 Å². The number of carbonyl (C=O) groups excluding carboxylic acids is 2. The second kappa shape index (κ2) is 16.0. The second-order valence-corrected chi connectivity index (χ2v) is 15.6. The molecule has 0 saturated heterocycles. The lowest BCUT2D eigenvalue weighted by atomic mass is 9.71. The maximum absolute atomic E-state index is 13.2. The molecule has 5 rings (SSSR count). The molecule has 3 aromatic rings. The number of carboxylic acids is 1. The molecule has 0 bridgehead atoms. The number of aromatic nitrogens is 2. The molecule has 2 aliphatic rings. The molecule has 2 atom stereocenters. The van der Waals surface area contributed by atoms with Crippen LogP contribution < -0.4 is 10.6 Å². The van der Waals surface area contributed by atoms with Gasteiger partial charge in [-0.2, -0.15) is 0 Å².